The Morgan fingerprint density at radius 1 is 0.966 bits per heavy atom. The zero-order valence-electron chi connectivity index (χ0n) is 16.5. The van der Waals surface area contributed by atoms with Gasteiger partial charge in [0.1, 0.15) is 0 Å². The number of carbonyl (C=O) groups excluding carboxylic acids is 1. The summed E-state index contributed by atoms with van der Waals surface area (Å²) in [4.78, 5) is 19.7. The zero-order valence-corrected chi connectivity index (χ0v) is 16.5. The number of rotatable bonds is 5. The zero-order chi connectivity index (χ0) is 20.4. The SMILES string of the molecule is COCc1c(-c2ccccc2)cccc1C1(c2ccccc2)N=C(N)N(C)C1=O. The molecule has 1 atom stereocenters. The van der Waals surface area contributed by atoms with Crippen LogP contribution in [0.5, 0.6) is 0 Å². The van der Waals surface area contributed by atoms with Gasteiger partial charge in [0, 0.05) is 14.2 Å². The lowest BCUT2D eigenvalue weighted by Gasteiger charge is -2.29. The summed E-state index contributed by atoms with van der Waals surface area (Å²) in [5.74, 6) is 0.0242. The number of amides is 1. The van der Waals surface area contributed by atoms with E-state index in [1.54, 1.807) is 14.2 Å². The van der Waals surface area contributed by atoms with Crippen LogP contribution < -0.4 is 5.73 Å². The van der Waals surface area contributed by atoms with Crippen molar-refractivity contribution in [1.82, 2.24) is 4.90 Å². The third-order valence-corrected chi connectivity index (χ3v) is 5.37. The molecule has 0 bridgehead atoms. The van der Waals surface area contributed by atoms with E-state index in [0.29, 0.717) is 6.61 Å². The van der Waals surface area contributed by atoms with Gasteiger partial charge in [0.25, 0.3) is 5.91 Å². The van der Waals surface area contributed by atoms with Gasteiger partial charge in [-0.25, -0.2) is 4.99 Å². The third-order valence-electron chi connectivity index (χ3n) is 5.37. The minimum atomic E-state index is -1.24. The molecule has 3 aromatic carbocycles. The number of hydrogen-bond donors (Lipinski definition) is 1. The second-order valence-electron chi connectivity index (χ2n) is 7.04. The maximum absolute atomic E-state index is 13.5. The number of benzene rings is 3. The Morgan fingerprint density at radius 3 is 2.21 bits per heavy atom. The Hall–Kier alpha value is -3.44. The Labute approximate surface area is 170 Å². The van der Waals surface area contributed by atoms with Crippen LogP contribution in [-0.2, 0) is 21.7 Å². The van der Waals surface area contributed by atoms with E-state index >= 15 is 0 Å². The van der Waals surface area contributed by atoms with Gasteiger partial charge in [0.2, 0.25) is 0 Å². The minimum Gasteiger partial charge on any atom is -0.380 e. The van der Waals surface area contributed by atoms with Crippen molar-refractivity contribution in [1.29, 1.82) is 0 Å². The highest BCUT2D eigenvalue weighted by Gasteiger charge is 2.50. The lowest BCUT2D eigenvalue weighted by molar-refractivity contribution is -0.129. The van der Waals surface area contributed by atoms with E-state index in [2.05, 4.69) is 0 Å². The monoisotopic (exact) mass is 385 g/mol. The number of aliphatic imine (C=N–C) groups is 1. The highest BCUT2D eigenvalue weighted by atomic mass is 16.5. The lowest BCUT2D eigenvalue weighted by Crippen LogP contribution is -2.41. The number of nitrogens with zero attached hydrogens (tertiary/aromatic N) is 2. The molecule has 1 aliphatic heterocycles. The molecule has 0 fully saturated rings. The van der Waals surface area contributed by atoms with Gasteiger partial charge in [-0.05, 0) is 27.8 Å². The van der Waals surface area contributed by atoms with Gasteiger partial charge in [-0.3, -0.25) is 9.69 Å². The summed E-state index contributed by atoms with van der Waals surface area (Å²) in [6.45, 7) is 0.349. The third kappa shape index (κ3) is 3.00. The summed E-state index contributed by atoms with van der Waals surface area (Å²) in [5, 5.41) is 0. The van der Waals surface area contributed by atoms with Crippen LogP contribution in [0.2, 0.25) is 0 Å². The van der Waals surface area contributed by atoms with E-state index in [4.69, 9.17) is 15.5 Å². The molecule has 1 heterocycles. The quantitative estimate of drug-likeness (QED) is 0.731. The summed E-state index contributed by atoms with van der Waals surface area (Å²) in [6, 6.07) is 25.6. The smallest absolute Gasteiger partial charge is 0.266 e. The van der Waals surface area contributed by atoms with Crippen LogP contribution in [0.3, 0.4) is 0 Å². The molecule has 29 heavy (non-hydrogen) atoms. The van der Waals surface area contributed by atoms with Gasteiger partial charge in [-0.2, -0.15) is 0 Å². The molecule has 0 saturated carbocycles. The van der Waals surface area contributed by atoms with Crippen LogP contribution in [0.15, 0.2) is 83.9 Å². The molecule has 0 radical (unpaired) electrons. The fourth-order valence-corrected chi connectivity index (χ4v) is 3.95. The summed E-state index contributed by atoms with van der Waals surface area (Å²) >= 11 is 0. The van der Waals surface area contributed by atoms with Gasteiger partial charge in [-0.1, -0.05) is 78.9 Å². The van der Waals surface area contributed by atoms with Gasteiger partial charge < -0.3 is 10.5 Å². The first kappa shape index (κ1) is 18.9. The Morgan fingerprint density at radius 2 is 1.62 bits per heavy atom. The van der Waals surface area contributed by atoms with Crippen LogP contribution in [-0.4, -0.2) is 30.9 Å². The standard InChI is InChI=1S/C24H23N3O2/c1-27-22(28)24(26-23(27)25,18-12-7-4-8-13-18)21-15-9-14-19(20(21)16-29-2)17-10-5-3-6-11-17/h3-15H,16H2,1-2H3,(H2,25,26). The van der Waals surface area contributed by atoms with Crippen molar-refractivity contribution in [3.8, 4) is 11.1 Å². The number of guanidine groups is 1. The predicted octanol–water partition coefficient (Wildman–Crippen LogP) is 3.53. The average Bonchev–Trinajstić information content (AvgIpc) is 3.00. The van der Waals surface area contributed by atoms with Crippen molar-refractivity contribution in [2.24, 2.45) is 10.7 Å². The molecule has 5 heteroatoms. The molecular weight excluding hydrogens is 362 g/mol. The Balaban J connectivity index is 2.04. The van der Waals surface area contributed by atoms with Crippen molar-refractivity contribution in [3.05, 3.63) is 95.6 Å². The highest BCUT2D eigenvalue weighted by Crippen LogP contribution is 2.43. The Bertz CT molecular complexity index is 1060. The van der Waals surface area contributed by atoms with Crippen molar-refractivity contribution in [2.75, 3.05) is 14.2 Å². The molecule has 5 nitrogen and oxygen atoms in total. The number of methoxy groups -OCH3 is 1. The summed E-state index contributed by atoms with van der Waals surface area (Å²) < 4.78 is 5.56. The largest absolute Gasteiger partial charge is 0.380 e. The normalized spacial score (nSPS) is 18.8. The number of hydrogen-bond acceptors (Lipinski definition) is 4. The van der Waals surface area contributed by atoms with Gasteiger partial charge in [0.15, 0.2) is 11.5 Å². The average molecular weight is 385 g/mol. The fraction of sp³-hybridized carbons (Fsp3) is 0.167. The van der Waals surface area contributed by atoms with E-state index in [-0.39, 0.29) is 11.9 Å². The molecule has 0 aliphatic carbocycles. The Kier molecular flexibility index (Phi) is 4.91. The predicted molar refractivity (Wildman–Crippen MR) is 114 cm³/mol. The van der Waals surface area contributed by atoms with E-state index < -0.39 is 5.54 Å². The molecule has 146 valence electrons. The van der Waals surface area contributed by atoms with E-state index in [9.17, 15) is 4.79 Å². The van der Waals surface area contributed by atoms with Crippen molar-refractivity contribution < 1.29 is 9.53 Å². The summed E-state index contributed by atoms with van der Waals surface area (Å²) in [6.07, 6.45) is 0. The van der Waals surface area contributed by atoms with Crippen LogP contribution in [0.4, 0.5) is 0 Å². The highest BCUT2D eigenvalue weighted by molar-refractivity contribution is 6.09. The first-order chi connectivity index (χ1) is 14.1. The summed E-state index contributed by atoms with van der Waals surface area (Å²) in [5.41, 5.74) is 9.43. The first-order valence-corrected chi connectivity index (χ1v) is 9.45. The second-order valence-corrected chi connectivity index (χ2v) is 7.04. The van der Waals surface area contributed by atoms with E-state index in [1.807, 2.05) is 78.9 Å². The molecule has 0 saturated heterocycles. The molecule has 0 aromatic heterocycles. The number of likely N-dealkylation sites (N-methyl/N-ethyl adjacent to an activating group) is 1. The van der Waals surface area contributed by atoms with Crippen LogP contribution in [0.25, 0.3) is 11.1 Å². The molecule has 4 rings (SSSR count). The molecular formula is C24H23N3O2. The van der Waals surface area contributed by atoms with Crippen LogP contribution in [0, 0.1) is 0 Å². The molecule has 3 aromatic rings. The maximum Gasteiger partial charge on any atom is 0.266 e. The fourth-order valence-electron chi connectivity index (χ4n) is 3.95. The lowest BCUT2D eigenvalue weighted by atomic mass is 9.78. The number of ether oxygens (including phenoxy) is 1. The van der Waals surface area contributed by atoms with Crippen molar-refractivity contribution in [3.63, 3.8) is 0 Å². The van der Waals surface area contributed by atoms with E-state index in [1.165, 1.54) is 4.90 Å². The minimum absolute atomic E-state index is 0.177. The van der Waals surface area contributed by atoms with Crippen LogP contribution >= 0.6 is 0 Å². The van der Waals surface area contributed by atoms with Crippen molar-refractivity contribution >= 4 is 11.9 Å². The second kappa shape index (κ2) is 7.53. The summed E-state index contributed by atoms with van der Waals surface area (Å²) in [7, 11) is 3.31. The van der Waals surface area contributed by atoms with Crippen LogP contribution in [0.1, 0.15) is 16.7 Å². The van der Waals surface area contributed by atoms with E-state index in [0.717, 1.165) is 27.8 Å². The maximum atomic E-state index is 13.5. The first-order valence-electron chi connectivity index (χ1n) is 9.45. The molecule has 1 amide bonds. The topological polar surface area (TPSA) is 67.9 Å². The number of carbonyl (C=O) groups is 1. The van der Waals surface area contributed by atoms with Gasteiger partial charge in [-0.15, -0.1) is 0 Å². The van der Waals surface area contributed by atoms with Crippen molar-refractivity contribution in [2.45, 2.75) is 12.1 Å². The number of nitrogens with two attached hydrogens (primary N) is 1. The molecule has 1 unspecified atom stereocenters. The molecule has 1 aliphatic rings. The molecule has 2 N–H and O–H groups in total. The molecule has 0 spiro atoms. The van der Waals surface area contributed by atoms with Gasteiger partial charge in [0.05, 0.1) is 6.61 Å². The van der Waals surface area contributed by atoms with Gasteiger partial charge >= 0.3 is 0 Å².